The Labute approximate surface area is 120 Å². The summed E-state index contributed by atoms with van der Waals surface area (Å²) in [4.78, 5) is 19.8. The predicted molar refractivity (Wildman–Crippen MR) is 76.8 cm³/mol. The van der Waals surface area contributed by atoms with Crippen molar-refractivity contribution in [2.24, 2.45) is 0 Å². The number of carbonyl (C=O) groups excluding carboxylic acids is 1. The number of aromatic nitrogens is 2. The number of hydrogen-bond acceptors (Lipinski definition) is 7. The molecular formula is C12H15N5O2S. The molecule has 8 heteroatoms. The number of hydrogen-bond donors (Lipinski definition) is 3. The van der Waals surface area contributed by atoms with Gasteiger partial charge in [-0.15, -0.1) is 0 Å². The summed E-state index contributed by atoms with van der Waals surface area (Å²) < 4.78 is 5.21. The van der Waals surface area contributed by atoms with Gasteiger partial charge < -0.3 is 21.2 Å². The maximum absolute atomic E-state index is 11.8. The van der Waals surface area contributed by atoms with Crippen LogP contribution in [0.25, 0.3) is 0 Å². The largest absolute Gasteiger partial charge is 0.467 e. The van der Waals surface area contributed by atoms with Crippen molar-refractivity contribution in [2.75, 3.05) is 17.2 Å². The number of nitrogen functional groups attached to an aromatic ring is 2. The Hall–Kier alpha value is -2.22. The van der Waals surface area contributed by atoms with Crippen molar-refractivity contribution in [1.82, 2.24) is 15.3 Å². The van der Waals surface area contributed by atoms with Gasteiger partial charge in [0.15, 0.2) is 5.16 Å². The average molecular weight is 293 g/mol. The molecule has 2 aromatic rings. The maximum atomic E-state index is 11.8. The van der Waals surface area contributed by atoms with Gasteiger partial charge in [0.1, 0.15) is 17.4 Å². The minimum Gasteiger partial charge on any atom is -0.467 e. The van der Waals surface area contributed by atoms with Gasteiger partial charge in [-0.3, -0.25) is 4.79 Å². The van der Waals surface area contributed by atoms with Crippen LogP contribution < -0.4 is 16.8 Å². The molecular weight excluding hydrogens is 278 g/mol. The number of amides is 1. The summed E-state index contributed by atoms with van der Waals surface area (Å²) in [6.45, 7) is 1.84. The van der Waals surface area contributed by atoms with Crippen molar-refractivity contribution in [3.8, 4) is 0 Å². The number of nitrogens with zero attached hydrogens (tertiary/aromatic N) is 2. The lowest BCUT2D eigenvalue weighted by Gasteiger charge is -2.10. The van der Waals surface area contributed by atoms with E-state index < -0.39 is 0 Å². The van der Waals surface area contributed by atoms with Gasteiger partial charge in [-0.05, 0) is 19.1 Å². The van der Waals surface area contributed by atoms with Crippen LogP contribution in [-0.2, 0) is 4.79 Å². The lowest BCUT2D eigenvalue weighted by atomic mass is 10.2. The van der Waals surface area contributed by atoms with Crippen molar-refractivity contribution in [3.05, 3.63) is 30.2 Å². The summed E-state index contributed by atoms with van der Waals surface area (Å²) in [5.74, 6) is 1.29. The molecule has 0 radical (unpaired) electrons. The molecule has 0 fully saturated rings. The van der Waals surface area contributed by atoms with Gasteiger partial charge in [0.25, 0.3) is 0 Å². The smallest absolute Gasteiger partial charge is 0.231 e. The predicted octanol–water partition coefficient (Wildman–Crippen LogP) is 1.20. The first kappa shape index (κ1) is 14.2. The van der Waals surface area contributed by atoms with Crippen LogP contribution in [0.3, 0.4) is 0 Å². The van der Waals surface area contributed by atoms with E-state index in [1.165, 1.54) is 17.8 Å². The number of rotatable bonds is 5. The number of carbonyl (C=O) groups is 1. The first-order valence-electron chi connectivity index (χ1n) is 5.90. The van der Waals surface area contributed by atoms with E-state index in [1.807, 2.05) is 6.92 Å². The van der Waals surface area contributed by atoms with Crippen LogP contribution in [0.5, 0.6) is 0 Å². The lowest BCUT2D eigenvalue weighted by Crippen LogP contribution is -2.28. The molecule has 0 aliphatic rings. The van der Waals surface area contributed by atoms with Crippen molar-refractivity contribution >= 4 is 29.3 Å². The van der Waals surface area contributed by atoms with Crippen LogP contribution in [0, 0.1) is 0 Å². The first-order valence-corrected chi connectivity index (χ1v) is 6.89. The third-order valence-corrected chi connectivity index (χ3v) is 3.27. The highest BCUT2D eigenvalue weighted by molar-refractivity contribution is 7.99. The average Bonchev–Trinajstić information content (AvgIpc) is 2.89. The van der Waals surface area contributed by atoms with Crippen LogP contribution in [-0.4, -0.2) is 21.6 Å². The molecule has 0 spiro atoms. The van der Waals surface area contributed by atoms with Crippen LogP contribution in [0.2, 0.25) is 0 Å². The molecule has 106 valence electrons. The van der Waals surface area contributed by atoms with Gasteiger partial charge in [0.05, 0.1) is 18.1 Å². The quantitative estimate of drug-likeness (QED) is 0.559. The van der Waals surface area contributed by atoms with Crippen LogP contribution >= 0.6 is 11.8 Å². The van der Waals surface area contributed by atoms with E-state index in [1.54, 1.807) is 18.4 Å². The standard InChI is InChI=1S/C12H15N5O2S/c1-7(8-3-2-4-19-8)15-11(18)6-20-12-16-9(13)5-10(14)17-12/h2-5,7H,6H2,1H3,(H,15,18)(H4,13,14,16,17). The molecule has 0 aromatic carbocycles. The van der Waals surface area contributed by atoms with Gasteiger partial charge >= 0.3 is 0 Å². The number of nitrogens with one attached hydrogen (secondary N) is 1. The number of furan rings is 1. The molecule has 2 aromatic heterocycles. The fraction of sp³-hybridized carbons (Fsp3) is 0.250. The summed E-state index contributed by atoms with van der Waals surface area (Å²) in [5.41, 5.74) is 11.1. The van der Waals surface area contributed by atoms with Crippen LogP contribution in [0.15, 0.2) is 34.0 Å². The minimum atomic E-state index is -0.190. The fourth-order valence-electron chi connectivity index (χ4n) is 1.55. The molecule has 2 rings (SSSR count). The normalized spacial score (nSPS) is 12.1. The molecule has 1 amide bonds. The molecule has 20 heavy (non-hydrogen) atoms. The van der Waals surface area contributed by atoms with Gasteiger partial charge in [0.2, 0.25) is 5.91 Å². The summed E-state index contributed by atoms with van der Waals surface area (Å²) in [6.07, 6.45) is 1.57. The molecule has 1 unspecified atom stereocenters. The van der Waals surface area contributed by atoms with Crippen molar-refractivity contribution < 1.29 is 9.21 Å². The molecule has 2 heterocycles. The number of anilines is 2. The third kappa shape index (κ3) is 3.89. The second-order valence-corrected chi connectivity index (χ2v) is 5.04. The highest BCUT2D eigenvalue weighted by Crippen LogP contribution is 2.17. The Balaban J connectivity index is 1.86. The molecule has 0 saturated heterocycles. The number of thioether (sulfide) groups is 1. The topological polar surface area (TPSA) is 120 Å². The van der Waals surface area contributed by atoms with E-state index >= 15 is 0 Å². The molecule has 0 aliphatic heterocycles. The van der Waals surface area contributed by atoms with Gasteiger partial charge in [-0.1, -0.05) is 11.8 Å². The van der Waals surface area contributed by atoms with Crippen LogP contribution in [0.1, 0.15) is 18.7 Å². The van der Waals surface area contributed by atoms with E-state index in [0.717, 1.165) is 0 Å². The first-order chi connectivity index (χ1) is 9.54. The van der Waals surface area contributed by atoms with E-state index in [0.29, 0.717) is 10.9 Å². The monoisotopic (exact) mass is 293 g/mol. The molecule has 1 atom stereocenters. The molecule has 7 nitrogen and oxygen atoms in total. The van der Waals surface area contributed by atoms with E-state index in [4.69, 9.17) is 15.9 Å². The zero-order chi connectivity index (χ0) is 14.5. The SMILES string of the molecule is CC(NC(=O)CSc1nc(N)cc(N)n1)c1ccco1. The summed E-state index contributed by atoms with van der Waals surface area (Å²) in [6, 6.07) is 4.85. The number of nitrogens with two attached hydrogens (primary N) is 2. The Bertz CT molecular complexity index is 567. The lowest BCUT2D eigenvalue weighted by molar-refractivity contribution is -0.119. The highest BCUT2D eigenvalue weighted by atomic mass is 32.2. The molecule has 5 N–H and O–H groups in total. The zero-order valence-electron chi connectivity index (χ0n) is 10.9. The van der Waals surface area contributed by atoms with Crippen molar-refractivity contribution in [2.45, 2.75) is 18.1 Å². The fourth-order valence-corrected chi connectivity index (χ4v) is 2.23. The van der Waals surface area contributed by atoms with Gasteiger partial charge in [-0.25, -0.2) is 9.97 Å². The van der Waals surface area contributed by atoms with Gasteiger partial charge in [0, 0.05) is 6.07 Å². The highest BCUT2D eigenvalue weighted by Gasteiger charge is 2.12. The van der Waals surface area contributed by atoms with E-state index in [2.05, 4.69) is 15.3 Å². The van der Waals surface area contributed by atoms with Crippen molar-refractivity contribution in [1.29, 1.82) is 0 Å². The Kier molecular flexibility index (Phi) is 4.46. The zero-order valence-corrected chi connectivity index (χ0v) is 11.7. The Morgan fingerprint density at radius 3 is 2.75 bits per heavy atom. The molecule has 0 saturated carbocycles. The second-order valence-electron chi connectivity index (χ2n) is 4.09. The summed E-state index contributed by atoms with van der Waals surface area (Å²) in [5, 5.41) is 3.19. The minimum absolute atomic E-state index is 0.150. The summed E-state index contributed by atoms with van der Waals surface area (Å²) >= 11 is 1.17. The van der Waals surface area contributed by atoms with E-state index in [-0.39, 0.29) is 29.3 Å². The second kappa shape index (κ2) is 6.29. The maximum Gasteiger partial charge on any atom is 0.231 e. The Morgan fingerprint density at radius 2 is 2.15 bits per heavy atom. The molecule has 0 bridgehead atoms. The Morgan fingerprint density at radius 1 is 1.45 bits per heavy atom. The van der Waals surface area contributed by atoms with E-state index in [9.17, 15) is 4.79 Å². The van der Waals surface area contributed by atoms with Crippen LogP contribution in [0.4, 0.5) is 11.6 Å². The third-order valence-electron chi connectivity index (χ3n) is 2.43. The molecule has 0 aliphatic carbocycles. The van der Waals surface area contributed by atoms with Gasteiger partial charge in [-0.2, -0.15) is 0 Å². The summed E-state index contributed by atoms with van der Waals surface area (Å²) in [7, 11) is 0. The van der Waals surface area contributed by atoms with Crippen molar-refractivity contribution in [3.63, 3.8) is 0 Å².